The summed E-state index contributed by atoms with van der Waals surface area (Å²) >= 11 is 0. The Kier molecular flexibility index (Phi) is 25.5. The smallest absolute Gasteiger partial charge is 0.303 e. The van der Waals surface area contributed by atoms with Gasteiger partial charge in [-0.15, -0.1) is 0 Å². The summed E-state index contributed by atoms with van der Waals surface area (Å²) in [4.78, 5) is 18.6. The minimum atomic E-state index is -0.833. The molecule has 0 aliphatic rings. The maximum atomic E-state index is 9.60. The highest BCUT2D eigenvalue weighted by molar-refractivity contribution is 5.66. The van der Waals surface area contributed by atoms with Crippen LogP contribution in [0.4, 0.5) is 0 Å². The van der Waals surface area contributed by atoms with Gasteiger partial charge in [0.25, 0.3) is 5.97 Å². The lowest BCUT2D eigenvalue weighted by atomic mass is 10.2. The monoisotopic (exact) mass is 248 g/mol. The molecule has 0 spiro atoms. The first-order valence-corrected chi connectivity index (χ1v) is 6.33. The van der Waals surface area contributed by atoms with E-state index in [0.717, 1.165) is 13.3 Å². The summed E-state index contributed by atoms with van der Waals surface area (Å²) in [5.41, 5.74) is 0. The molecular weight excluding hydrogens is 220 g/mol. The lowest BCUT2D eigenvalue weighted by Gasteiger charge is -1.90. The number of carboxylic acids is 2. The van der Waals surface area contributed by atoms with Crippen LogP contribution in [-0.4, -0.2) is 22.2 Å². The van der Waals surface area contributed by atoms with Gasteiger partial charge in [-0.3, -0.25) is 9.59 Å². The van der Waals surface area contributed by atoms with E-state index in [1.165, 1.54) is 32.1 Å². The molecule has 0 aromatic carbocycles. The van der Waals surface area contributed by atoms with Gasteiger partial charge in [-0.2, -0.15) is 0 Å². The second kappa shape index (κ2) is 20.4. The quantitative estimate of drug-likeness (QED) is 0.698. The van der Waals surface area contributed by atoms with E-state index in [2.05, 4.69) is 13.8 Å². The van der Waals surface area contributed by atoms with Gasteiger partial charge in [0.15, 0.2) is 0 Å². The van der Waals surface area contributed by atoms with E-state index in [4.69, 9.17) is 15.0 Å². The van der Waals surface area contributed by atoms with Crippen LogP contribution in [0.5, 0.6) is 0 Å². The highest BCUT2D eigenvalue weighted by Gasteiger charge is 1.87. The van der Waals surface area contributed by atoms with E-state index in [1.54, 1.807) is 0 Å². The van der Waals surface area contributed by atoms with Crippen LogP contribution >= 0.6 is 0 Å². The fraction of sp³-hybridized carbons (Fsp3) is 0.846. The summed E-state index contributed by atoms with van der Waals surface area (Å²) in [7, 11) is 0. The number of unbranched alkanes of at least 4 members (excludes halogenated alkanes) is 4. The minimum absolute atomic E-state index is 0.292. The van der Waals surface area contributed by atoms with E-state index < -0.39 is 11.9 Å². The van der Waals surface area contributed by atoms with Crippen molar-refractivity contribution in [1.82, 2.24) is 0 Å². The highest BCUT2D eigenvalue weighted by atomic mass is 16.4. The maximum absolute atomic E-state index is 9.60. The van der Waals surface area contributed by atoms with E-state index in [0.29, 0.717) is 6.42 Å². The maximum Gasteiger partial charge on any atom is 0.303 e. The summed E-state index contributed by atoms with van der Waals surface area (Å²) in [6.07, 6.45) is 8.03. The second-order valence-electron chi connectivity index (χ2n) is 3.72. The number of hydrogen-bond acceptors (Lipinski definition) is 2. The molecule has 0 fully saturated rings. The molecular formula is C13H28O4. The Morgan fingerprint density at radius 2 is 1.18 bits per heavy atom. The zero-order valence-corrected chi connectivity index (χ0v) is 11.7. The van der Waals surface area contributed by atoms with E-state index in [-0.39, 0.29) is 0 Å². The molecule has 0 heterocycles. The Bertz CT molecular complexity index is 159. The molecule has 104 valence electrons. The minimum Gasteiger partial charge on any atom is -0.481 e. The predicted molar refractivity (Wildman–Crippen MR) is 70.3 cm³/mol. The number of carboxylic acid groups (broad SMARTS) is 2. The second-order valence-corrected chi connectivity index (χ2v) is 3.72. The Hall–Kier alpha value is -1.06. The van der Waals surface area contributed by atoms with Crippen molar-refractivity contribution in [2.45, 2.75) is 72.6 Å². The van der Waals surface area contributed by atoms with Crippen molar-refractivity contribution in [3.05, 3.63) is 0 Å². The predicted octanol–water partition coefficient (Wildman–Crippen LogP) is 3.94. The van der Waals surface area contributed by atoms with Gasteiger partial charge < -0.3 is 10.2 Å². The molecule has 0 amide bonds. The van der Waals surface area contributed by atoms with Crippen molar-refractivity contribution in [2.75, 3.05) is 0 Å². The van der Waals surface area contributed by atoms with Crippen molar-refractivity contribution >= 4 is 11.9 Å². The third kappa shape index (κ3) is 70.9. The Morgan fingerprint density at radius 1 is 0.824 bits per heavy atom. The van der Waals surface area contributed by atoms with Crippen molar-refractivity contribution in [1.29, 1.82) is 0 Å². The van der Waals surface area contributed by atoms with Crippen molar-refractivity contribution < 1.29 is 19.8 Å². The SMILES string of the molecule is CC(=O)O.CCCC(=O)O.CCCCCCC. The molecule has 0 aromatic rings. The average molecular weight is 248 g/mol. The fourth-order valence-electron chi connectivity index (χ4n) is 0.891. The summed E-state index contributed by atoms with van der Waals surface area (Å²) in [5.74, 6) is -1.54. The molecule has 17 heavy (non-hydrogen) atoms. The Balaban J connectivity index is -0.000000180. The van der Waals surface area contributed by atoms with Crippen LogP contribution in [0.2, 0.25) is 0 Å². The van der Waals surface area contributed by atoms with Crippen LogP contribution < -0.4 is 0 Å². The number of rotatable bonds is 6. The van der Waals surface area contributed by atoms with Crippen LogP contribution in [0.15, 0.2) is 0 Å². The van der Waals surface area contributed by atoms with Gasteiger partial charge in [0.05, 0.1) is 0 Å². The first-order chi connectivity index (χ1) is 7.92. The largest absolute Gasteiger partial charge is 0.481 e. The Labute approximate surface area is 105 Å². The van der Waals surface area contributed by atoms with Crippen LogP contribution in [0.25, 0.3) is 0 Å². The normalized spacial score (nSPS) is 8.24. The molecule has 4 heteroatoms. The topological polar surface area (TPSA) is 74.6 Å². The zero-order valence-electron chi connectivity index (χ0n) is 11.7. The molecule has 0 bridgehead atoms. The van der Waals surface area contributed by atoms with Crippen LogP contribution in [0, 0.1) is 0 Å². The van der Waals surface area contributed by atoms with Gasteiger partial charge >= 0.3 is 5.97 Å². The average Bonchev–Trinajstić information content (AvgIpc) is 2.18. The molecule has 2 N–H and O–H groups in total. The van der Waals surface area contributed by atoms with Gasteiger partial charge in [-0.25, -0.2) is 0 Å². The van der Waals surface area contributed by atoms with E-state index in [1.807, 2.05) is 6.92 Å². The number of carbonyl (C=O) groups is 2. The van der Waals surface area contributed by atoms with Crippen molar-refractivity contribution in [3.63, 3.8) is 0 Å². The van der Waals surface area contributed by atoms with Crippen LogP contribution in [0.3, 0.4) is 0 Å². The lowest BCUT2D eigenvalue weighted by molar-refractivity contribution is -0.137. The molecule has 0 aliphatic heterocycles. The molecule has 0 radical (unpaired) electrons. The first-order valence-electron chi connectivity index (χ1n) is 6.33. The summed E-state index contributed by atoms with van der Waals surface area (Å²) in [6.45, 7) is 7.42. The first kappa shape index (κ1) is 21.2. The van der Waals surface area contributed by atoms with Gasteiger partial charge in [-0.05, 0) is 6.42 Å². The molecule has 0 saturated carbocycles. The van der Waals surface area contributed by atoms with Crippen molar-refractivity contribution in [3.8, 4) is 0 Å². The molecule has 0 aliphatic carbocycles. The lowest BCUT2D eigenvalue weighted by Crippen LogP contribution is -1.90. The van der Waals surface area contributed by atoms with E-state index in [9.17, 15) is 4.79 Å². The highest BCUT2D eigenvalue weighted by Crippen LogP contribution is 2.00. The molecule has 0 rings (SSSR count). The van der Waals surface area contributed by atoms with Crippen molar-refractivity contribution in [2.24, 2.45) is 0 Å². The van der Waals surface area contributed by atoms with Gasteiger partial charge in [0.1, 0.15) is 0 Å². The Morgan fingerprint density at radius 3 is 1.29 bits per heavy atom. The summed E-state index contributed by atoms with van der Waals surface area (Å²) in [6, 6.07) is 0. The summed E-state index contributed by atoms with van der Waals surface area (Å²) in [5, 5.41) is 15.3. The third-order valence-electron chi connectivity index (χ3n) is 1.67. The molecule has 0 atom stereocenters. The third-order valence-corrected chi connectivity index (χ3v) is 1.67. The summed E-state index contributed by atoms with van der Waals surface area (Å²) < 4.78 is 0. The number of aliphatic carboxylic acids is 2. The fourth-order valence-corrected chi connectivity index (χ4v) is 0.891. The van der Waals surface area contributed by atoms with Crippen LogP contribution in [0.1, 0.15) is 72.6 Å². The molecule has 0 aromatic heterocycles. The van der Waals surface area contributed by atoms with Crippen LogP contribution in [-0.2, 0) is 9.59 Å². The molecule has 0 saturated heterocycles. The van der Waals surface area contributed by atoms with E-state index >= 15 is 0 Å². The molecule has 4 nitrogen and oxygen atoms in total. The van der Waals surface area contributed by atoms with Gasteiger partial charge in [-0.1, -0.05) is 52.9 Å². The molecule has 0 unspecified atom stereocenters. The van der Waals surface area contributed by atoms with Gasteiger partial charge in [0.2, 0.25) is 0 Å². The zero-order chi connectivity index (χ0) is 14.1. The van der Waals surface area contributed by atoms with Gasteiger partial charge in [0, 0.05) is 13.3 Å². The standard InChI is InChI=1S/C7H16.C4H8O2.C2H4O2/c1-3-5-7-6-4-2;1-2-3-4(5)6;1-2(3)4/h3-7H2,1-2H3;2-3H2,1H3,(H,5,6);1H3,(H,3,4). The number of hydrogen-bond donors (Lipinski definition) is 2.